The van der Waals surface area contributed by atoms with Crippen molar-refractivity contribution in [3.63, 3.8) is 0 Å². The van der Waals surface area contributed by atoms with Gasteiger partial charge in [-0.15, -0.1) is 0 Å². The van der Waals surface area contributed by atoms with Gasteiger partial charge in [-0.3, -0.25) is 4.79 Å². The Morgan fingerprint density at radius 1 is 1.11 bits per heavy atom. The van der Waals surface area contributed by atoms with Crippen molar-refractivity contribution in [3.8, 4) is 0 Å². The summed E-state index contributed by atoms with van der Waals surface area (Å²) < 4.78 is 23.7. The third-order valence-corrected chi connectivity index (χ3v) is 6.86. The Morgan fingerprint density at radius 3 is 2.33 bits per heavy atom. The minimum Gasteiger partial charge on any atom is -0.335 e. The molecule has 1 aromatic heterocycles. The monoisotopic (exact) mass is 389 g/mol. The third kappa shape index (κ3) is 4.13. The summed E-state index contributed by atoms with van der Waals surface area (Å²) in [5.41, 5.74) is 3.99. The summed E-state index contributed by atoms with van der Waals surface area (Å²) in [6.45, 7) is 6.66. The van der Waals surface area contributed by atoms with Crippen LogP contribution in [-0.2, 0) is 22.7 Å². The lowest BCUT2D eigenvalue weighted by atomic mass is 10.1. The first kappa shape index (κ1) is 19.7. The highest BCUT2D eigenvalue weighted by Crippen LogP contribution is 2.22. The maximum absolute atomic E-state index is 13.1. The minimum atomic E-state index is -3.04. The Labute approximate surface area is 160 Å². The SMILES string of the molecule is CCCN(C(=O)c1ccc2nc(CC)c(CC)nc2c1)C1CCS(=O)(=O)C1. The van der Waals surface area contributed by atoms with Crippen LogP contribution in [-0.4, -0.2) is 53.3 Å². The zero-order valence-corrected chi connectivity index (χ0v) is 17.1. The molecule has 7 heteroatoms. The number of rotatable bonds is 6. The predicted molar refractivity (Wildman–Crippen MR) is 107 cm³/mol. The molecule has 3 rings (SSSR count). The van der Waals surface area contributed by atoms with E-state index in [1.54, 1.807) is 17.0 Å². The number of carbonyl (C=O) groups excluding carboxylic acids is 1. The molecule has 0 bridgehead atoms. The molecule has 1 saturated heterocycles. The molecule has 6 nitrogen and oxygen atoms in total. The second-order valence-corrected chi connectivity index (χ2v) is 9.31. The lowest BCUT2D eigenvalue weighted by Gasteiger charge is -2.28. The van der Waals surface area contributed by atoms with Crippen LogP contribution in [0, 0.1) is 0 Å². The number of hydrogen-bond donors (Lipinski definition) is 0. The van der Waals surface area contributed by atoms with E-state index in [1.807, 2.05) is 19.9 Å². The molecular formula is C20H27N3O3S. The van der Waals surface area contributed by atoms with Crippen molar-refractivity contribution in [2.45, 2.75) is 52.5 Å². The van der Waals surface area contributed by atoms with Gasteiger partial charge in [0.2, 0.25) is 0 Å². The molecule has 1 unspecified atom stereocenters. The smallest absolute Gasteiger partial charge is 0.254 e. The second-order valence-electron chi connectivity index (χ2n) is 7.08. The summed E-state index contributed by atoms with van der Waals surface area (Å²) in [6, 6.07) is 5.16. The molecule has 1 atom stereocenters. The number of hydrogen-bond acceptors (Lipinski definition) is 5. The minimum absolute atomic E-state index is 0.0615. The van der Waals surface area contributed by atoms with Gasteiger partial charge in [0.1, 0.15) is 0 Å². The van der Waals surface area contributed by atoms with Crippen LogP contribution in [0.4, 0.5) is 0 Å². The molecule has 1 fully saturated rings. The van der Waals surface area contributed by atoms with E-state index in [1.165, 1.54) is 0 Å². The molecule has 2 aromatic rings. The molecule has 1 aromatic carbocycles. The van der Waals surface area contributed by atoms with Gasteiger partial charge in [0, 0.05) is 18.2 Å². The van der Waals surface area contributed by atoms with Crippen LogP contribution in [0.1, 0.15) is 55.4 Å². The summed E-state index contributed by atoms with van der Waals surface area (Å²) in [6.07, 6.45) is 2.93. The van der Waals surface area contributed by atoms with Gasteiger partial charge >= 0.3 is 0 Å². The van der Waals surface area contributed by atoms with E-state index in [0.717, 1.165) is 36.2 Å². The number of nitrogens with zero attached hydrogens (tertiary/aromatic N) is 3. The number of benzene rings is 1. The van der Waals surface area contributed by atoms with Crippen molar-refractivity contribution in [1.82, 2.24) is 14.9 Å². The maximum Gasteiger partial charge on any atom is 0.254 e. The fourth-order valence-electron chi connectivity index (χ4n) is 3.70. The van der Waals surface area contributed by atoms with Crippen LogP contribution >= 0.6 is 0 Å². The second kappa shape index (κ2) is 7.92. The van der Waals surface area contributed by atoms with Gasteiger partial charge in [-0.05, 0) is 43.9 Å². The van der Waals surface area contributed by atoms with Gasteiger partial charge in [0.25, 0.3) is 5.91 Å². The quantitative estimate of drug-likeness (QED) is 0.759. The maximum atomic E-state index is 13.1. The molecule has 2 heterocycles. The van der Waals surface area contributed by atoms with Gasteiger partial charge in [0.15, 0.2) is 9.84 Å². The molecule has 0 aliphatic carbocycles. The normalized spacial score (nSPS) is 18.7. The van der Waals surface area contributed by atoms with Crippen molar-refractivity contribution in [3.05, 3.63) is 35.2 Å². The molecule has 0 saturated carbocycles. The van der Waals surface area contributed by atoms with Gasteiger partial charge in [-0.25, -0.2) is 18.4 Å². The van der Waals surface area contributed by atoms with E-state index in [-0.39, 0.29) is 23.5 Å². The Bertz CT molecular complexity index is 956. The number of aromatic nitrogens is 2. The van der Waals surface area contributed by atoms with E-state index < -0.39 is 9.84 Å². The summed E-state index contributed by atoms with van der Waals surface area (Å²) in [4.78, 5) is 24.2. The Morgan fingerprint density at radius 2 is 1.78 bits per heavy atom. The summed E-state index contributed by atoms with van der Waals surface area (Å²) in [7, 11) is -3.04. The van der Waals surface area contributed by atoms with Crippen molar-refractivity contribution >= 4 is 26.8 Å². The molecule has 1 aliphatic rings. The number of amides is 1. The predicted octanol–water partition coefficient (Wildman–Crippen LogP) is 2.79. The van der Waals surface area contributed by atoms with E-state index in [2.05, 4.69) is 11.9 Å². The number of aryl methyl sites for hydroxylation is 2. The Kier molecular flexibility index (Phi) is 5.79. The van der Waals surface area contributed by atoms with E-state index in [4.69, 9.17) is 4.98 Å². The molecule has 146 valence electrons. The fraction of sp³-hybridized carbons (Fsp3) is 0.550. The number of fused-ring (bicyclic) bond motifs is 1. The standard InChI is InChI=1S/C20H27N3O3S/c1-4-10-23(15-9-11-27(25,26)13-15)20(24)14-7-8-18-19(12-14)22-17(6-3)16(5-2)21-18/h7-8,12,15H,4-6,9-11,13H2,1-3H3. The van der Waals surface area contributed by atoms with Crippen molar-refractivity contribution < 1.29 is 13.2 Å². The van der Waals surface area contributed by atoms with Crippen LogP contribution < -0.4 is 0 Å². The van der Waals surface area contributed by atoms with Crippen LogP contribution in [0.2, 0.25) is 0 Å². The highest BCUT2D eigenvalue weighted by molar-refractivity contribution is 7.91. The number of carbonyl (C=O) groups is 1. The lowest BCUT2D eigenvalue weighted by molar-refractivity contribution is 0.0697. The van der Waals surface area contributed by atoms with Crippen LogP contribution in [0.5, 0.6) is 0 Å². The van der Waals surface area contributed by atoms with E-state index >= 15 is 0 Å². The van der Waals surface area contributed by atoms with Gasteiger partial charge < -0.3 is 4.90 Å². The molecular weight excluding hydrogens is 362 g/mol. The first-order valence-electron chi connectivity index (χ1n) is 9.69. The summed E-state index contributed by atoms with van der Waals surface area (Å²) in [5.74, 6) is 0.0975. The third-order valence-electron chi connectivity index (χ3n) is 5.11. The first-order valence-corrected chi connectivity index (χ1v) is 11.5. The zero-order valence-electron chi connectivity index (χ0n) is 16.2. The van der Waals surface area contributed by atoms with E-state index in [9.17, 15) is 13.2 Å². The van der Waals surface area contributed by atoms with Crippen molar-refractivity contribution in [2.24, 2.45) is 0 Å². The molecule has 0 radical (unpaired) electrons. The average Bonchev–Trinajstić information content (AvgIpc) is 3.03. The molecule has 0 N–H and O–H groups in total. The van der Waals surface area contributed by atoms with Crippen LogP contribution in [0.25, 0.3) is 11.0 Å². The van der Waals surface area contributed by atoms with Crippen LogP contribution in [0.3, 0.4) is 0 Å². The number of sulfone groups is 1. The molecule has 1 aliphatic heterocycles. The van der Waals surface area contributed by atoms with Gasteiger partial charge in [-0.2, -0.15) is 0 Å². The summed E-state index contributed by atoms with van der Waals surface area (Å²) in [5, 5.41) is 0. The van der Waals surface area contributed by atoms with Crippen molar-refractivity contribution in [1.29, 1.82) is 0 Å². The average molecular weight is 390 g/mol. The van der Waals surface area contributed by atoms with Crippen molar-refractivity contribution in [2.75, 3.05) is 18.1 Å². The van der Waals surface area contributed by atoms with Crippen LogP contribution in [0.15, 0.2) is 18.2 Å². The van der Waals surface area contributed by atoms with Gasteiger partial charge in [-0.1, -0.05) is 20.8 Å². The highest BCUT2D eigenvalue weighted by atomic mass is 32.2. The Balaban J connectivity index is 1.95. The van der Waals surface area contributed by atoms with E-state index in [0.29, 0.717) is 24.0 Å². The fourth-order valence-corrected chi connectivity index (χ4v) is 5.44. The first-order chi connectivity index (χ1) is 12.9. The zero-order chi connectivity index (χ0) is 19.6. The lowest BCUT2D eigenvalue weighted by Crippen LogP contribution is -2.41. The Hall–Kier alpha value is -2.02. The topological polar surface area (TPSA) is 80.2 Å². The molecule has 1 amide bonds. The van der Waals surface area contributed by atoms with Gasteiger partial charge in [0.05, 0.1) is 33.9 Å². The molecule has 27 heavy (non-hydrogen) atoms. The summed E-state index contributed by atoms with van der Waals surface area (Å²) >= 11 is 0. The highest BCUT2D eigenvalue weighted by Gasteiger charge is 2.34. The largest absolute Gasteiger partial charge is 0.335 e. The molecule has 0 spiro atoms.